The van der Waals surface area contributed by atoms with E-state index in [1.54, 1.807) is 50.2 Å². The van der Waals surface area contributed by atoms with Crippen LogP contribution < -0.4 is 4.31 Å². The number of aryl methyl sites for hydroxylation is 3. The van der Waals surface area contributed by atoms with E-state index in [0.717, 1.165) is 27.3 Å². The topological polar surface area (TPSA) is 95.1 Å². The van der Waals surface area contributed by atoms with Gasteiger partial charge in [0, 0.05) is 26.2 Å². The summed E-state index contributed by atoms with van der Waals surface area (Å²) in [5.74, 6) is -0.356. The number of piperazine rings is 1. The summed E-state index contributed by atoms with van der Waals surface area (Å²) in [5, 5.41) is 0. The van der Waals surface area contributed by atoms with E-state index in [0.29, 0.717) is 5.69 Å². The first-order valence-corrected chi connectivity index (χ1v) is 13.6. The standard InChI is InChI=1S/C22H29N3O5S2/c1-17-8-10-20(11-9-17)32(29,30)24-14-12-23(13-15-24)21(26)16-25(31(4,27)28)22-18(2)6-5-7-19(22)3/h5-11H,12-16H2,1-4H3. The molecule has 0 spiro atoms. The fraction of sp³-hybridized carbons (Fsp3) is 0.409. The number of carbonyl (C=O) groups is 1. The van der Waals surface area contributed by atoms with Crippen molar-refractivity contribution < 1.29 is 21.6 Å². The van der Waals surface area contributed by atoms with Gasteiger partial charge in [0.05, 0.1) is 16.8 Å². The van der Waals surface area contributed by atoms with Crippen LogP contribution in [0.15, 0.2) is 47.4 Å². The van der Waals surface area contributed by atoms with Crippen molar-refractivity contribution in [1.29, 1.82) is 0 Å². The first kappa shape index (κ1) is 24.2. The van der Waals surface area contributed by atoms with Gasteiger partial charge >= 0.3 is 0 Å². The maximum absolute atomic E-state index is 13.0. The molecule has 1 fully saturated rings. The van der Waals surface area contributed by atoms with Crippen LogP contribution >= 0.6 is 0 Å². The lowest BCUT2D eigenvalue weighted by Gasteiger charge is -2.35. The molecule has 0 radical (unpaired) electrons. The van der Waals surface area contributed by atoms with Gasteiger partial charge in [0.2, 0.25) is 26.0 Å². The Kier molecular flexibility index (Phi) is 6.97. The zero-order valence-corrected chi connectivity index (χ0v) is 20.4. The van der Waals surface area contributed by atoms with Crippen molar-refractivity contribution in [3.05, 3.63) is 59.2 Å². The predicted molar refractivity (Wildman–Crippen MR) is 125 cm³/mol. The second kappa shape index (κ2) is 9.21. The van der Waals surface area contributed by atoms with Gasteiger partial charge < -0.3 is 4.90 Å². The number of amides is 1. The second-order valence-electron chi connectivity index (χ2n) is 8.11. The molecule has 0 atom stereocenters. The third kappa shape index (κ3) is 5.13. The van der Waals surface area contributed by atoms with Gasteiger partial charge in [-0.1, -0.05) is 35.9 Å². The van der Waals surface area contributed by atoms with Gasteiger partial charge in [-0.05, 0) is 44.0 Å². The highest BCUT2D eigenvalue weighted by Crippen LogP contribution is 2.27. The number of nitrogens with zero attached hydrogens (tertiary/aromatic N) is 3. The number of anilines is 1. The van der Waals surface area contributed by atoms with Crippen molar-refractivity contribution in [1.82, 2.24) is 9.21 Å². The number of hydrogen-bond acceptors (Lipinski definition) is 5. The molecule has 0 bridgehead atoms. The molecule has 0 saturated carbocycles. The minimum atomic E-state index is -3.69. The molecule has 3 rings (SSSR count). The van der Waals surface area contributed by atoms with Gasteiger partial charge in [0.1, 0.15) is 6.54 Å². The summed E-state index contributed by atoms with van der Waals surface area (Å²) in [4.78, 5) is 14.7. The number of hydrogen-bond donors (Lipinski definition) is 0. The summed E-state index contributed by atoms with van der Waals surface area (Å²) in [6.07, 6.45) is 1.08. The Morgan fingerprint density at radius 1 is 0.875 bits per heavy atom. The zero-order valence-electron chi connectivity index (χ0n) is 18.8. The monoisotopic (exact) mass is 479 g/mol. The average molecular weight is 480 g/mol. The third-order valence-corrected chi connectivity index (χ3v) is 8.64. The lowest BCUT2D eigenvalue weighted by atomic mass is 10.1. The van der Waals surface area contributed by atoms with Crippen molar-refractivity contribution in [3.63, 3.8) is 0 Å². The quantitative estimate of drug-likeness (QED) is 0.631. The number of benzene rings is 2. The molecule has 32 heavy (non-hydrogen) atoms. The molecule has 2 aromatic rings. The Bertz CT molecular complexity index is 1180. The molecule has 1 amide bonds. The predicted octanol–water partition coefficient (Wildman–Crippen LogP) is 1.91. The molecular weight excluding hydrogens is 450 g/mol. The van der Waals surface area contributed by atoms with Crippen LogP contribution in [0, 0.1) is 20.8 Å². The van der Waals surface area contributed by atoms with Crippen molar-refractivity contribution >= 4 is 31.6 Å². The highest BCUT2D eigenvalue weighted by atomic mass is 32.2. The summed E-state index contributed by atoms with van der Waals surface area (Å²) in [5.41, 5.74) is 3.00. The van der Waals surface area contributed by atoms with Crippen molar-refractivity contribution in [2.45, 2.75) is 25.7 Å². The largest absolute Gasteiger partial charge is 0.338 e. The fourth-order valence-corrected chi connectivity index (χ4v) is 6.21. The van der Waals surface area contributed by atoms with Crippen molar-refractivity contribution in [2.75, 3.05) is 43.3 Å². The summed E-state index contributed by atoms with van der Waals surface area (Å²) >= 11 is 0. The van der Waals surface area contributed by atoms with Crippen molar-refractivity contribution in [3.8, 4) is 0 Å². The van der Waals surface area contributed by atoms with E-state index >= 15 is 0 Å². The van der Waals surface area contributed by atoms with Gasteiger partial charge in [0.15, 0.2) is 0 Å². The number of carbonyl (C=O) groups excluding carboxylic acids is 1. The highest BCUT2D eigenvalue weighted by molar-refractivity contribution is 7.92. The van der Waals surface area contributed by atoms with Crippen LogP contribution in [0.25, 0.3) is 0 Å². The Morgan fingerprint density at radius 2 is 1.41 bits per heavy atom. The van der Waals surface area contributed by atoms with E-state index in [4.69, 9.17) is 0 Å². The minimum absolute atomic E-state index is 0.157. The van der Waals surface area contributed by atoms with Crippen LogP contribution in [-0.4, -0.2) is 70.9 Å². The maximum Gasteiger partial charge on any atom is 0.243 e. The molecule has 174 valence electrons. The van der Waals surface area contributed by atoms with Gasteiger partial charge in [-0.25, -0.2) is 16.8 Å². The average Bonchev–Trinajstić information content (AvgIpc) is 2.72. The SMILES string of the molecule is Cc1ccc(S(=O)(=O)N2CCN(C(=O)CN(c3c(C)cccc3C)S(C)(=O)=O)CC2)cc1. The Morgan fingerprint density at radius 3 is 1.91 bits per heavy atom. The summed E-state index contributed by atoms with van der Waals surface area (Å²) in [6.45, 7) is 5.89. The molecule has 0 unspecified atom stereocenters. The normalized spacial score (nSPS) is 15.6. The van der Waals surface area contributed by atoms with Gasteiger partial charge in [-0.15, -0.1) is 0 Å². The molecule has 0 aliphatic carbocycles. The van der Waals surface area contributed by atoms with Crippen LogP contribution in [0.3, 0.4) is 0 Å². The maximum atomic E-state index is 13.0. The molecule has 1 aliphatic rings. The van der Waals surface area contributed by atoms with E-state index in [1.165, 1.54) is 9.21 Å². The van der Waals surface area contributed by atoms with Gasteiger partial charge in [0.25, 0.3) is 0 Å². The van der Waals surface area contributed by atoms with Crippen LogP contribution in [0.1, 0.15) is 16.7 Å². The first-order chi connectivity index (χ1) is 14.9. The van der Waals surface area contributed by atoms with Gasteiger partial charge in [-0.2, -0.15) is 4.31 Å². The first-order valence-electron chi connectivity index (χ1n) is 10.3. The van der Waals surface area contributed by atoms with Crippen LogP contribution in [0.4, 0.5) is 5.69 Å². The Hall–Kier alpha value is -2.43. The van der Waals surface area contributed by atoms with Crippen LogP contribution in [0.2, 0.25) is 0 Å². The molecule has 8 nitrogen and oxygen atoms in total. The number of sulfonamides is 2. The smallest absolute Gasteiger partial charge is 0.243 e. The molecular formula is C22H29N3O5S2. The molecule has 1 heterocycles. The number of para-hydroxylation sites is 1. The van der Waals surface area contributed by atoms with E-state index in [-0.39, 0.29) is 43.5 Å². The third-order valence-electron chi connectivity index (χ3n) is 5.62. The molecule has 2 aromatic carbocycles. The zero-order chi connectivity index (χ0) is 23.7. The summed E-state index contributed by atoms with van der Waals surface area (Å²) < 4.78 is 53.2. The molecule has 0 aromatic heterocycles. The van der Waals surface area contributed by atoms with E-state index < -0.39 is 20.0 Å². The second-order valence-corrected chi connectivity index (χ2v) is 12.0. The van der Waals surface area contributed by atoms with E-state index in [2.05, 4.69) is 0 Å². The fourth-order valence-electron chi connectivity index (χ4n) is 3.82. The lowest BCUT2D eigenvalue weighted by Crippen LogP contribution is -2.53. The number of rotatable bonds is 6. The minimum Gasteiger partial charge on any atom is -0.338 e. The Balaban J connectivity index is 1.72. The highest BCUT2D eigenvalue weighted by Gasteiger charge is 2.32. The van der Waals surface area contributed by atoms with Crippen molar-refractivity contribution in [2.24, 2.45) is 0 Å². The van der Waals surface area contributed by atoms with Crippen LogP contribution in [0.5, 0.6) is 0 Å². The molecule has 1 aliphatic heterocycles. The molecule has 0 N–H and O–H groups in total. The van der Waals surface area contributed by atoms with E-state index in [9.17, 15) is 21.6 Å². The lowest BCUT2D eigenvalue weighted by molar-refractivity contribution is -0.130. The Labute approximate surface area is 190 Å². The van der Waals surface area contributed by atoms with E-state index in [1.807, 2.05) is 13.0 Å². The van der Waals surface area contributed by atoms with Crippen LogP contribution in [-0.2, 0) is 24.8 Å². The summed E-state index contributed by atoms with van der Waals surface area (Å²) in [7, 11) is -7.33. The molecule has 1 saturated heterocycles. The summed E-state index contributed by atoms with van der Waals surface area (Å²) in [6, 6.07) is 12.1. The molecule has 10 heteroatoms. The van der Waals surface area contributed by atoms with Gasteiger partial charge in [-0.3, -0.25) is 9.10 Å².